The van der Waals surface area contributed by atoms with E-state index in [2.05, 4.69) is 5.32 Å². The average Bonchev–Trinajstić information content (AvgIpc) is 2.57. The van der Waals surface area contributed by atoms with E-state index in [9.17, 15) is 14.9 Å². The first-order chi connectivity index (χ1) is 12.0. The molecule has 0 saturated carbocycles. The molecule has 0 fully saturated rings. The van der Waals surface area contributed by atoms with Crippen molar-refractivity contribution in [2.24, 2.45) is 0 Å². The van der Waals surface area contributed by atoms with Crippen molar-refractivity contribution in [3.8, 4) is 0 Å². The van der Waals surface area contributed by atoms with Gasteiger partial charge in [-0.1, -0.05) is 6.07 Å². The monoisotopic (exact) mass is 376 g/mol. The Labute approximate surface area is 157 Å². The number of nitro groups is 1. The highest BCUT2D eigenvalue weighted by atomic mass is 35.5. The molecule has 0 atom stereocenters. The molecule has 0 radical (unpaired) electrons. The highest BCUT2D eigenvalue weighted by Gasteiger charge is 2.21. The maximum Gasteiger partial charge on any atom is 0.269 e. The van der Waals surface area contributed by atoms with Crippen molar-refractivity contribution in [2.45, 2.75) is 19.8 Å². The molecule has 0 unspecified atom stereocenters. The minimum Gasteiger partial charge on any atom is -0.398 e. The van der Waals surface area contributed by atoms with Gasteiger partial charge in [0.1, 0.15) is 0 Å². The highest BCUT2D eigenvalue weighted by molar-refractivity contribution is 5.95. The average molecular weight is 377 g/mol. The van der Waals surface area contributed by atoms with Crippen LogP contribution in [0.2, 0.25) is 0 Å². The van der Waals surface area contributed by atoms with Gasteiger partial charge in [-0.2, -0.15) is 0 Å². The molecule has 1 aliphatic rings. The number of hydrogen-bond donors (Lipinski definition) is 2. The van der Waals surface area contributed by atoms with E-state index in [1.807, 2.05) is 23.1 Å². The Bertz CT molecular complexity index is 841. The number of hydrogen-bond acceptors (Lipinski definition) is 5. The number of non-ortho nitro benzene ring substituents is 1. The van der Waals surface area contributed by atoms with Crippen molar-refractivity contribution < 1.29 is 9.72 Å². The molecule has 8 heteroatoms. The molecule has 2 aromatic carbocycles. The number of nitrogen functional groups attached to an aromatic ring is 1. The number of carbonyl (C=O) groups excluding carboxylic acids is 1. The van der Waals surface area contributed by atoms with Crippen LogP contribution in [-0.2, 0) is 11.2 Å². The molecule has 1 amide bonds. The summed E-state index contributed by atoms with van der Waals surface area (Å²) in [5.41, 5.74) is 10.1. The Balaban J connectivity index is 0.00000243. The zero-order valence-electron chi connectivity index (χ0n) is 14.4. The van der Waals surface area contributed by atoms with E-state index < -0.39 is 4.92 Å². The van der Waals surface area contributed by atoms with Crippen LogP contribution in [0, 0.1) is 17.0 Å². The van der Waals surface area contributed by atoms with Crippen LogP contribution in [0.4, 0.5) is 22.7 Å². The second-order valence-corrected chi connectivity index (χ2v) is 6.17. The van der Waals surface area contributed by atoms with Gasteiger partial charge < -0.3 is 16.0 Å². The van der Waals surface area contributed by atoms with Gasteiger partial charge in [-0.05, 0) is 49.1 Å². The number of amides is 1. The van der Waals surface area contributed by atoms with Crippen LogP contribution in [0.3, 0.4) is 0 Å². The van der Waals surface area contributed by atoms with Gasteiger partial charge in [-0.25, -0.2) is 0 Å². The van der Waals surface area contributed by atoms with Crippen molar-refractivity contribution in [1.82, 2.24) is 0 Å². The lowest BCUT2D eigenvalue weighted by Gasteiger charge is -2.31. The molecule has 138 valence electrons. The number of halogens is 1. The van der Waals surface area contributed by atoms with E-state index in [0.717, 1.165) is 36.3 Å². The predicted octanol–water partition coefficient (Wildman–Crippen LogP) is 3.30. The van der Waals surface area contributed by atoms with Crippen LogP contribution >= 0.6 is 12.4 Å². The van der Waals surface area contributed by atoms with E-state index in [1.54, 1.807) is 13.0 Å². The summed E-state index contributed by atoms with van der Waals surface area (Å²) >= 11 is 0. The van der Waals surface area contributed by atoms with Gasteiger partial charge in [0, 0.05) is 35.7 Å². The third kappa shape index (κ3) is 4.05. The number of anilines is 3. The molecular formula is C18H21ClN4O3. The number of rotatable bonds is 4. The molecule has 2 aromatic rings. The quantitative estimate of drug-likeness (QED) is 0.484. The number of fused-ring (bicyclic) bond motifs is 1. The Kier molecular flexibility index (Phi) is 6.05. The molecule has 3 N–H and O–H groups in total. The van der Waals surface area contributed by atoms with E-state index in [0.29, 0.717) is 11.3 Å². The van der Waals surface area contributed by atoms with Crippen LogP contribution in [-0.4, -0.2) is 23.9 Å². The Morgan fingerprint density at radius 3 is 2.81 bits per heavy atom. The van der Waals surface area contributed by atoms with Gasteiger partial charge >= 0.3 is 0 Å². The number of nitrogens with one attached hydrogen (secondary N) is 1. The Hall–Kier alpha value is -2.80. The van der Waals surface area contributed by atoms with Gasteiger partial charge in [0.2, 0.25) is 5.91 Å². The van der Waals surface area contributed by atoms with Crippen LogP contribution in [0.25, 0.3) is 0 Å². The van der Waals surface area contributed by atoms with Gasteiger partial charge in [-0.3, -0.25) is 14.9 Å². The fraction of sp³-hybridized carbons (Fsp3) is 0.278. The van der Waals surface area contributed by atoms with Gasteiger partial charge in [0.25, 0.3) is 5.69 Å². The minimum absolute atomic E-state index is 0. The summed E-state index contributed by atoms with van der Waals surface area (Å²) < 4.78 is 0. The molecule has 0 spiro atoms. The lowest BCUT2D eigenvalue weighted by atomic mass is 10.00. The molecule has 0 aliphatic carbocycles. The maximum atomic E-state index is 12.4. The zero-order chi connectivity index (χ0) is 18.0. The number of benzene rings is 2. The first-order valence-corrected chi connectivity index (χ1v) is 8.13. The molecule has 26 heavy (non-hydrogen) atoms. The van der Waals surface area contributed by atoms with E-state index in [-0.39, 0.29) is 30.5 Å². The third-order valence-electron chi connectivity index (χ3n) is 4.41. The van der Waals surface area contributed by atoms with Gasteiger partial charge in [-0.15, -0.1) is 12.4 Å². The molecule has 0 aromatic heterocycles. The minimum atomic E-state index is -0.451. The summed E-state index contributed by atoms with van der Waals surface area (Å²) in [5.74, 6) is -0.160. The normalized spacial score (nSPS) is 12.7. The molecule has 7 nitrogen and oxygen atoms in total. The van der Waals surface area contributed by atoms with Crippen LogP contribution in [0.1, 0.15) is 17.5 Å². The Morgan fingerprint density at radius 2 is 2.12 bits per heavy atom. The number of carbonyl (C=O) groups is 1. The lowest BCUT2D eigenvalue weighted by Crippen LogP contribution is -2.37. The molecule has 0 bridgehead atoms. The summed E-state index contributed by atoms with van der Waals surface area (Å²) in [7, 11) is 0. The van der Waals surface area contributed by atoms with Crippen molar-refractivity contribution in [1.29, 1.82) is 0 Å². The van der Waals surface area contributed by atoms with Crippen molar-refractivity contribution in [3.63, 3.8) is 0 Å². The number of nitrogens with two attached hydrogens (primary N) is 1. The van der Waals surface area contributed by atoms with Gasteiger partial charge in [0.15, 0.2) is 0 Å². The predicted molar refractivity (Wildman–Crippen MR) is 105 cm³/mol. The molecule has 1 aliphatic heterocycles. The summed E-state index contributed by atoms with van der Waals surface area (Å²) in [4.78, 5) is 24.8. The zero-order valence-corrected chi connectivity index (χ0v) is 15.2. The second-order valence-electron chi connectivity index (χ2n) is 6.17. The van der Waals surface area contributed by atoms with Crippen LogP contribution < -0.4 is 16.0 Å². The maximum absolute atomic E-state index is 12.4. The SMILES string of the molecule is Cc1cc([N+](=O)[O-])ccc1NC(=O)CN1CCCc2c(N)cccc21.Cl. The first-order valence-electron chi connectivity index (χ1n) is 8.13. The smallest absolute Gasteiger partial charge is 0.269 e. The van der Waals surface area contributed by atoms with E-state index >= 15 is 0 Å². The van der Waals surface area contributed by atoms with Crippen molar-refractivity contribution >= 4 is 41.1 Å². The highest BCUT2D eigenvalue weighted by Crippen LogP contribution is 2.31. The molecular weight excluding hydrogens is 356 g/mol. The van der Waals surface area contributed by atoms with Crippen molar-refractivity contribution in [3.05, 3.63) is 57.6 Å². The standard InChI is InChI=1S/C18H20N4O3.ClH/c1-12-10-13(22(24)25)7-8-16(12)20-18(23)11-21-9-3-4-14-15(19)5-2-6-17(14)21;/h2,5-8,10H,3-4,9,11,19H2,1H3,(H,20,23);1H. The third-order valence-corrected chi connectivity index (χ3v) is 4.41. The summed E-state index contributed by atoms with van der Waals surface area (Å²) in [5, 5.41) is 13.6. The number of aryl methyl sites for hydroxylation is 1. The fourth-order valence-electron chi connectivity index (χ4n) is 3.16. The Morgan fingerprint density at radius 1 is 1.35 bits per heavy atom. The molecule has 0 saturated heterocycles. The molecule has 3 rings (SSSR count). The largest absolute Gasteiger partial charge is 0.398 e. The second kappa shape index (κ2) is 8.05. The number of nitro benzene ring substituents is 1. The van der Waals surface area contributed by atoms with Gasteiger partial charge in [0.05, 0.1) is 11.5 Å². The van der Waals surface area contributed by atoms with E-state index in [1.165, 1.54) is 12.1 Å². The van der Waals surface area contributed by atoms with Crippen molar-refractivity contribution in [2.75, 3.05) is 29.0 Å². The summed E-state index contributed by atoms with van der Waals surface area (Å²) in [6, 6.07) is 10.2. The van der Waals surface area contributed by atoms with Crippen LogP contribution in [0.15, 0.2) is 36.4 Å². The topological polar surface area (TPSA) is 102 Å². The molecule has 1 heterocycles. The lowest BCUT2D eigenvalue weighted by molar-refractivity contribution is -0.384. The summed E-state index contributed by atoms with van der Waals surface area (Å²) in [6.45, 7) is 2.75. The fourth-order valence-corrected chi connectivity index (χ4v) is 3.16. The summed E-state index contributed by atoms with van der Waals surface area (Å²) in [6.07, 6.45) is 1.87. The first kappa shape index (κ1) is 19.5. The van der Waals surface area contributed by atoms with Crippen LogP contribution in [0.5, 0.6) is 0 Å². The number of nitrogens with zero attached hydrogens (tertiary/aromatic N) is 2. The van der Waals surface area contributed by atoms with E-state index in [4.69, 9.17) is 5.73 Å².